The van der Waals surface area contributed by atoms with Crippen LogP contribution in [0.5, 0.6) is 11.5 Å². The SMILES string of the molecule is COc1cc(OC)cc(C(=O)OCC(=O)Nc2cccc(Cl)c2)c1. The summed E-state index contributed by atoms with van der Waals surface area (Å²) >= 11 is 5.83. The van der Waals surface area contributed by atoms with E-state index in [2.05, 4.69) is 5.32 Å². The van der Waals surface area contributed by atoms with Crippen LogP contribution in [-0.2, 0) is 9.53 Å². The second-order valence-electron chi connectivity index (χ2n) is 4.74. The number of benzene rings is 2. The lowest BCUT2D eigenvalue weighted by Crippen LogP contribution is -2.21. The molecule has 0 aromatic heterocycles. The Labute approximate surface area is 144 Å². The maximum absolute atomic E-state index is 12.1. The summed E-state index contributed by atoms with van der Waals surface area (Å²) in [6.45, 7) is -0.426. The van der Waals surface area contributed by atoms with Crippen LogP contribution < -0.4 is 14.8 Å². The third kappa shape index (κ3) is 4.89. The molecular formula is C17H16ClNO5. The summed E-state index contributed by atoms with van der Waals surface area (Å²) in [4.78, 5) is 23.9. The first-order chi connectivity index (χ1) is 11.5. The number of esters is 1. The Morgan fingerprint density at radius 2 is 1.71 bits per heavy atom. The van der Waals surface area contributed by atoms with E-state index in [-0.39, 0.29) is 5.56 Å². The van der Waals surface area contributed by atoms with Crippen LogP contribution in [0.2, 0.25) is 5.02 Å². The summed E-state index contributed by atoms with van der Waals surface area (Å²) in [6, 6.07) is 11.3. The predicted molar refractivity (Wildman–Crippen MR) is 89.9 cm³/mol. The monoisotopic (exact) mass is 349 g/mol. The Morgan fingerprint density at radius 1 is 1.04 bits per heavy atom. The van der Waals surface area contributed by atoms with E-state index < -0.39 is 18.5 Å². The maximum atomic E-state index is 12.1. The van der Waals surface area contributed by atoms with Crippen molar-refractivity contribution in [3.8, 4) is 11.5 Å². The Balaban J connectivity index is 1.96. The van der Waals surface area contributed by atoms with E-state index in [0.29, 0.717) is 22.2 Å². The number of hydrogen-bond donors (Lipinski definition) is 1. The molecule has 0 fully saturated rings. The fourth-order valence-electron chi connectivity index (χ4n) is 1.90. The van der Waals surface area contributed by atoms with Gasteiger partial charge in [-0.25, -0.2) is 4.79 Å². The van der Waals surface area contributed by atoms with Crippen LogP contribution in [0.3, 0.4) is 0 Å². The minimum atomic E-state index is -0.659. The van der Waals surface area contributed by atoms with Gasteiger partial charge in [0.2, 0.25) is 0 Å². The van der Waals surface area contributed by atoms with E-state index in [9.17, 15) is 9.59 Å². The van der Waals surface area contributed by atoms with Crippen LogP contribution in [0.1, 0.15) is 10.4 Å². The normalized spacial score (nSPS) is 9.96. The van der Waals surface area contributed by atoms with Crippen molar-refractivity contribution in [1.82, 2.24) is 0 Å². The number of amides is 1. The predicted octanol–water partition coefficient (Wildman–Crippen LogP) is 3.15. The number of ether oxygens (including phenoxy) is 3. The highest BCUT2D eigenvalue weighted by molar-refractivity contribution is 6.30. The second kappa shape index (κ2) is 8.21. The molecule has 7 heteroatoms. The zero-order valence-electron chi connectivity index (χ0n) is 13.2. The number of nitrogens with one attached hydrogen (secondary N) is 1. The quantitative estimate of drug-likeness (QED) is 0.811. The molecule has 0 saturated carbocycles. The largest absolute Gasteiger partial charge is 0.497 e. The molecule has 126 valence electrons. The fourth-order valence-corrected chi connectivity index (χ4v) is 2.09. The highest BCUT2D eigenvalue weighted by Gasteiger charge is 2.13. The van der Waals surface area contributed by atoms with Gasteiger partial charge in [-0.15, -0.1) is 0 Å². The Hall–Kier alpha value is -2.73. The second-order valence-corrected chi connectivity index (χ2v) is 5.17. The molecule has 0 aliphatic heterocycles. The lowest BCUT2D eigenvalue weighted by Gasteiger charge is -2.09. The van der Waals surface area contributed by atoms with Crippen molar-refractivity contribution in [1.29, 1.82) is 0 Å². The molecule has 24 heavy (non-hydrogen) atoms. The van der Waals surface area contributed by atoms with Gasteiger partial charge in [0.1, 0.15) is 11.5 Å². The van der Waals surface area contributed by atoms with Gasteiger partial charge in [0.15, 0.2) is 6.61 Å². The van der Waals surface area contributed by atoms with Crippen molar-refractivity contribution in [2.24, 2.45) is 0 Å². The Kier molecular flexibility index (Phi) is 6.03. The molecule has 6 nitrogen and oxygen atoms in total. The van der Waals surface area contributed by atoms with Crippen LogP contribution in [0, 0.1) is 0 Å². The molecule has 2 rings (SSSR count). The highest BCUT2D eigenvalue weighted by Crippen LogP contribution is 2.23. The van der Waals surface area contributed by atoms with Crippen molar-refractivity contribution in [3.05, 3.63) is 53.1 Å². The molecule has 0 atom stereocenters. The van der Waals surface area contributed by atoms with Crippen LogP contribution in [0.4, 0.5) is 5.69 Å². The van der Waals surface area contributed by atoms with E-state index in [1.165, 1.54) is 26.4 Å². The fraction of sp³-hybridized carbons (Fsp3) is 0.176. The minimum Gasteiger partial charge on any atom is -0.497 e. The van der Waals surface area contributed by atoms with E-state index in [4.69, 9.17) is 25.8 Å². The topological polar surface area (TPSA) is 73.9 Å². The molecule has 0 aliphatic carbocycles. The molecule has 2 aromatic carbocycles. The van der Waals surface area contributed by atoms with Gasteiger partial charge < -0.3 is 19.5 Å². The molecule has 1 N–H and O–H groups in total. The maximum Gasteiger partial charge on any atom is 0.338 e. The van der Waals surface area contributed by atoms with Gasteiger partial charge in [-0.2, -0.15) is 0 Å². The van der Waals surface area contributed by atoms with Crippen molar-refractivity contribution in [2.45, 2.75) is 0 Å². The van der Waals surface area contributed by atoms with E-state index >= 15 is 0 Å². The van der Waals surface area contributed by atoms with Crippen LogP contribution >= 0.6 is 11.6 Å². The molecule has 0 aliphatic rings. The van der Waals surface area contributed by atoms with Crippen LogP contribution in [0.25, 0.3) is 0 Å². The summed E-state index contributed by atoms with van der Waals surface area (Å²) in [5.74, 6) is -0.233. The van der Waals surface area contributed by atoms with Gasteiger partial charge in [0, 0.05) is 16.8 Å². The summed E-state index contributed by atoms with van der Waals surface area (Å²) in [7, 11) is 2.95. The molecule has 0 radical (unpaired) electrons. The number of carbonyl (C=O) groups excluding carboxylic acids is 2. The summed E-state index contributed by atoms with van der Waals surface area (Å²) in [5.41, 5.74) is 0.744. The van der Waals surface area contributed by atoms with E-state index in [1.807, 2.05) is 0 Å². The van der Waals surface area contributed by atoms with Crippen molar-refractivity contribution in [2.75, 3.05) is 26.1 Å². The van der Waals surface area contributed by atoms with Gasteiger partial charge in [-0.3, -0.25) is 4.79 Å². The first-order valence-electron chi connectivity index (χ1n) is 6.97. The summed E-state index contributed by atoms with van der Waals surface area (Å²) in [6.07, 6.45) is 0. The number of hydrogen-bond acceptors (Lipinski definition) is 5. The minimum absolute atomic E-state index is 0.224. The molecule has 1 amide bonds. The van der Waals surface area contributed by atoms with Crippen LogP contribution in [0.15, 0.2) is 42.5 Å². The van der Waals surface area contributed by atoms with Gasteiger partial charge in [-0.1, -0.05) is 17.7 Å². The first kappa shape index (κ1) is 17.6. The molecule has 0 saturated heterocycles. The highest BCUT2D eigenvalue weighted by atomic mass is 35.5. The summed E-state index contributed by atoms with van der Waals surface area (Å²) < 4.78 is 15.2. The van der Waals surface area contributed by atoms with E-state index in [1.54, 1.807) is 30.3 Å². The lowest BCUT2D eigenvalue weighted by atomic mass is 10.2. The lowest BCUT2D eigenvalue weighted by molar-refractivity contribution is -0.119. The smallest absolute Gasteiger partial charge is 0.338 e. The molecule has 0 bridgehead atoms. The number of anilines is 1. The van der Waals surface area contributed by atoms with Gasteiger partial charge >= 0.3 is 5.97 Å². The third-order valence-electron chi connectivity index (χ3n) is 3.03. The van der Waals surface area contributed by atoms with Gasteiger partial charge in [0.05, 0.1) is 19.8 Å². The average molecular weight is 350 g/mol. The molecule has 0 spiro atoms. The molecule has 0 heterocycles. The van der Waals surface area contributed by atoms with Crippen molar-refractivity contribution in [3.63, 3.8) is 0 Å². The zero-order valence-corrected chi connectivity index (χ0v) is 13.9. The number of methoxy groups -OCH3 is 2. The van der Waals surface area contributed by atoms with Crippen molar-refractivity contribution >= 4 is 29.2 Å². The van der Waals surface area contributed by atoms with Crippen LogP contribution in [-0.4, -0.2) is 32.7 Å². The number of halogens is 1. The Bertz CT molecular complexity index is 725. The van der Waals surface area contributed by atoms with Crippen molar-refractivity contribution < 1.29 is 23.8 Å². The standard InChI is InChI=1S/C17H16ClNO5/c1-22-14-6-11(7-15(9-14)23-2)17(21)24-10-16(20)19-13-5-3-4-12(18)8-13/h3-9H,10H2,1-2H3,(H,19,20). The third-order valence-corrected chi connectivity index (χ3v) is 3.26. The summed E-state index contributed by atoms with van der Waals surface area (Å²) in [5, 5.41) is 3.08. The van der Waals surface area contributed by atoms with E-state index in [0.717, 1.165) is 0 Å². The first-order valence-corrected chi connectivity index (χ1v) is 7.35. The van der Waals surface area contributed by atoms with Gasteiger partial charge in [0.25, 0.3) is 5.91 Å². The molecular weight excluding hydrogens is 334 g/mol. The zero-order chi connectivity index (χ0) is 17.5. The number of rotatable bonds is 6. The molecule has 2 aromatic rings. The molecule has 0 unspecified atom stereocenters. The average Bonchev–Trinajstić information content (AvgIpc) is 2.59. The number of carbonyl (C=O) groups is 2. The Morgan fingerprint density at radius 3 is 2.29 bits per heavy atom. The van der Waals surface area contributed by atoms with Gasteiger partial charge in [-0.05, 0) is 30.3 Å².